The lowest BCUT2D eigenvalue weighted by molar-refractivity contribution is -0.0952. The molecule has 4 N–H and O–H groups in total. The van der Waals surface area contributed by atoms with Gasteiger partial charge in [-0.1, -0.05) is 60.7 Å². The maximum absolute atomic E-state index is 11.9. The highest BCUT2D eigenvalue weighted by Crippen LogP contribution is 2.33. The molecule has 0 aliphatic carbocycles. The lowest BCUT2D eigenvalue weighted by Crippen LogP contribution is -2.56. The molecule has 174 valence electrons. The molecule has 0 aliphatic heterocycles. The molecular formula is C25H27NO6S. The molecule has 2 unspecified atom stereocenters. The molecule has 4 aromatic carbocycles. The molecule has 0 spiro atoms. The van der Waals surface area contributed by atoms with Crippen molar-refractivity contribution in [1.29, 1.82) is 0 Å². The zero-order valence-corrected chi connectivity index (χ0v) is 19.0. The first-order valence-electron chi connectivity index (χ1n) is 10.7. The van der Waals surface area contributed by atoms with Gasteiger partial charge in [0.1, 0.15) is 0 Å². The minimum Gasteiger partial charge on any atom is -0.395 e. The first kappa shape index (κ1) is 23.6. The summed E-state index contributed by atoms with van der Waals surface area (Å²) in [5, 5.41) is 38.9. The molecule has 0 aromatic heterocycles. The van der Waals surface area contributed by atoms with Gasteiger partial charge in [-0.05, 0) is 50.9 Å². The van der Waals surface area contributed by atoms with Gasteiger partial charge in [0, 0.05) is 6.54 Å². The van der Waals surface area contributed by atoms with E-state index in [1.54, 1.807) is 0 Å². The van der Waals surface area contributed by atoms with Gasteiger partial charge in [0.05, 0.1) is 24.5 Å². The van der Waals surface area contributed by atoms with Crippen LogP contribution in [0.2, 0.25) is 0 Å². The van der Waals surface area contributed by atoms with Crippen molar-refractivity contribution in [2.24, 2.45) is 0 Å². The summed E-state index contributed by atoms with van der Waals surface area (Å²) in [7, 11) is -4.15. The van der Waals surface area contributed by atoms with Crippen molar-refractivity contribution in [3.8, 4) is 0 Å². The Balaban J connectivity index is 1.73. The highest BCUT2D eigenvalue weighted by Gasteiger charge is 2.36. The van der Waals surface area contributed by atoms with Crippen LogP contribution in [0.3, 0.4) is 0 Å². The van der Waals surface area contributed by atoms with Crippen molar-refractivity contribution >= 4 is 42.4 Å². The molecule has 4 rings (SSSR count). The van der Waals surface area contributed by atoms with E-state index in [0.717, 1.165) is 37.9 Å². The number of fused-ring (bicyclic) bond motifs is 5. The third kappa shape index (κ3) is 4.72. The highest BCUT2D eigenvalue weighted by atomic mass is 32.2. The summed E-state index contributed by atoms with van der Waals surface area (Å²) in [6, 6.07) is 22.4. The van der Waals surface area contributed by atoms with Gasteiger partial charge in [-0.3, -0.25) is 0 Å². The van der Waals surface area contributed by atoms with Crippen LogP contribution < -0.4 is 5.32 Å². The second-order valence-corrected chi connectivity index (χ2v) is 10.0. The van der Waals surface area contributed by atoms with Gasteiger partial charge in [0.2, 0.25) is 0 Å². The molecule has 0 radical (unpaired) electrons. The maximum atomic E-state index is 11.9. The van der Waals surface area contributed by atoms with Crippen molar-refractivity contribution in [2.75, 3.05) is 19.0 Å². The van der Waals surface area contributed by atoms with Crippen LogP contribution in [0, 0.1) is 0 Å². The highest BCUT2D eigenvalue weighted by molar-refractivity contribution is 7.86. The van der Waals surface area contributed by atoms with Crippen LogP contribution in [0.5, 0.6) is 0 Å². The Labute approximate surface area is 192 Å². The lowest BCUT2D eigenvalue weighted by atomic mass is 9.93. The van der Waals surface area contributed by atoms with Crippen LogP contribution in [-0.4, -0.2) is 54.5 Å². The number of aliphatic hydroxyl groups is 3. The van der Waals surface area contributed by atoms with E-state index in [9.17, 15) is 18.6 Å². The smallest absolute Gasteiger partial charge is 0.272 e. The van der Waals surface area contributed by atoms with Crippen LogP contribution in [0.15, 0.2) is 66.7 Å². The minimum atomic E-state index is -4.15. The van der Waals surface area contributed by atoms with Crippen molar-refractivity contribution in [3.05, 3.63) is 72.3 Å². The predicted octanol–water partition coefficient (Wildman–Crippen LogP) is 2.64. The average molecular weight is 470 g/mol. The van der Waals surface area contributed by atoms with Crippen molar-refractivity contribution < 1.29 is 27.9 Å². The van der Waals surface area contributed by atoms with E-state index in [0.29, 0.717) is 0 Å². The topological polar surface area (TPSA) is 116 Å². The SMILES string of the molecule is CC(CO)(NCc1cc2c3ccccc3ccc2c2ccccc12)C(O)OS(=O)(=O)CCO. The Kier molecular flexibility index (Phi) is 6.67. The molecule has 0 heterocycles. The first-order chi connectivity index (χ1) is 15.8. The Bertz CT molecular complexity index is 1400. The van der Waals surface area contributed by atoms with Gasteiger partial charge >= 0.3 is 0 Å². The van der Waals surface area contributed by atoms with Crippen molar-refractivity contribution in [2.45, 2.75) is 25.3 Å². The molecule has 33 heavy (non-hydrogen) atoms. The average Bonchev–Trinajstić information content (AvgIpc) is 2.81. The number of hydrogen-bond donors (Lipinski definition) is 4. The molecule has 8 heteroatoms. The third-order valence-electron chi connectivity index (χ3n) is 5.99. The molecule has 7 nitrogen and oxygen atoms in total. The molecule has 0 saturated carbocycles. The summed E-state index contributed by atoms with van der Waals surface area (Å²) in [6.07, 6.45) is -1.84. The molecule has 0 amide bonds. The number of hydrogen-bond acceptors (Lipinski definition) is 7. The molecular weight excluding hydrogens is 442 g/mol. The Morgan fingerprint density at radius 1 is 0.909 bits per heavy atom. The molecule has 0 bridgehead atoms. The zero-order chi connectivity index (χ0) is 23.6. The van der Waals surface area contributed by atoms with E-state index < -0.39 is 40.9 Å². The first-order valence-corrected chi connectivity index (χ1v) is 12.2. The molecule has 0 aliphatic rings. The van der Waals surface area contributed by atoms with E-state index in [4.69, 9.17) is 9.29 Å². The minimum absolute atomic E-state index is 0.247. The van der Waals surface area contributed by atoms with Crippen molar-refractivity contribution in [1.82, 2.24) is 5.32 Å². The summed E-state index contributed by atoms with van der Waals surface area (Å²) in [6.45, 7) is 0.522. The molecule has 0 saturated heterocycles. The fourth-order valence-electron chi connectivity index (χ4n) is 4.01. The van der Waals surface area contributed by atoms with Gasteiger partial charge in [0.25, 0.3) is 10.1 Å². The summed E-state index contributed by atoms with van der Waals surface area (Å²) < 4.78 is 28.5. The largest absolute Gasteiger partial charge is 0.395 e. The second kappa shape index (κ2) is 9.34. The second-order valence-electron chi connectivity index (χ2n) is 8.33. The summed E-state index contributed by atoms with van der Waals surface area (Å²) in [4.78, 5) is 0. The third-order valence-corrected chi connectivity index (χ3v) is 7.15. The van der Waals surface area contributed by atoms with E-state index in [1.165, 1.54) is 6.92 Å². The normalized spacial score (nSPS) is 15.2. The van der Waals surface area contributed by atoms with E-state index in [-0.39, 0.29) is 6.54 Å². The standard InChI is InChI=1S/C25H27NO6S/c1-25(16-28,24(29)32-33(30,31)13-12-27)26-15-18-14-23-19-7-3-2-6-17(19)10-11-22(23)21-9-5-4-8-20(18)21/h2-11,14,24,26-29H,12-13,15-16H2,1H3. The molecule has 4 aromatic rings. The van der Waals surface area contributed by atoms with Crippen LogP contribution in [0.25, 0.3) is 32.3 Å². The summed E-state index contributed by atoms with van der Waals surface area (Å²) in [5.41, 5.74) is -0.531. The van der Waals surface area contributed by atoms with Crippen LogP contribution in [0.4, 0.5) is 0 Å². The van der Waals surface area contributed by atoms with Crippen LogP contribution in [0.1, 0.15) is 12.5 Å². The van der Waals surface area contributed by atoms with Gasteiger partial charge in [0.15, 0.2) is 6.29 Å². The Hall–Kier alpha value is -2.59. The van der Waals surface area contributed by atoms with Gasteiger partial charge < -0.3 is 20.6 Å². The molecule has 2 atom stereocenters. The molecule has 0 fully saturated rings. The summed E-state index contributed by atoms with van der Waals surface area (Å²) in [5.74, 6) is -0.645. The maximum Gasteiger partial charge on any atom is 0.272 e. The van der Waals surface area contributed by atoms with Crippen molar-refractivity contribution in [3.63, 3.8) is 0 Å². The monoisotopic (exact) mass is 469 g/mol. The van der Waals surface area contributed by atoms with Gasteiger partial charge in [-0.25, -0.2) is 4.18 Å². The van der Waals surface area contributed by atoms with Gasteiger partial charge in [-0.15, -0.1) is 0 Å². The van der Waals surface area contributed by atoms with Crippen LogP contribution in [-0.2, 0) is 20.8 Å². The quantitative estimate of drug-likeness (QED) is 0.169. The van der Waals surface area contributed by atoms with E-state index >= 15 is 0 Å². The number of nitrogens with one attached hydrogen (secondary N) is 1. The van der Waals surface area contributed by atoms with Gasteiger partial charge in [-0.2, -0.15) is 8.42 Å². The van der Waals surface area contributed by atoms with E-state index in [1.807, 2.05) is 30.3 Å². The number of benzene rings is 4. The predicted molar refractivity (Wildman–Crippen MR) is 129 cm³/mol. The fraction of sp³-hybridized carbons (Fsp3) is 0.280. The Morgan fingerprint density at radius 2 is 1.55 bits per heavy atom. The van der Waals surface area contributed by atoms with E-state index in [2.05, 4.69) is 41.7 Å². The summed E-state index contributed by atoms with van der Waals surface area (Å²) >= 11 is 0. The zero-order valence-electron chi connectivity index (χ0n) is 18.2. The Morgan fingerprint density at radius 3 is 2.24 bits per heavy atom. The fourth-order valence-corrected chi connectivity index (χ4v) is 4.82. The lowest BCUT2D eigenvalue weighted by Gasteiger charge is -2.33. The number of aliphatic hydroxyl groups excluding tert-OH is 3. The van der Waals surface area contributed by atoms with Crippen LogP contribution >= 0.6 is 0 Å². The number of rotatable bonds is 9.